The number of carbonyl (C=O) groups excluding carboxylic acids is 2. The number of hydrazone groups is 1. The van der Waals surface area contributed by atoms with Crippen LogP contribution in [0.25, 0.3) is 0 Å². The molecule has 2 aliphatic heterocycles. The molecule has 2 aliphatic rings. The van der Waals surface area contributed by atoms with E-state index in [4.69, 9.17) is 10.5 Å². The normalized spacial score (nSPS) is 20.8. The summed E-state index contributed by atoms with van der Waals surface area (Å²) < 4.78 is 5.75. The van der Waals surface area contributed by atoms with Crippen LogP contribution in [0.1, 0.15) is 24.8 Å². The van der Waals surface area contributed by atoms with E-state index in [1.807, 2.05) is 42.5 Å². The van der Waals surface area contributed by atoms with Crippen LogP contribution < -0.4 is 10.7 Å². The molecule has 2 amide bonds. The van der Waals surface area contributed by atoms with E-state index < -0.39 is 11.9 Å². The SMILES string of the molecule is NC(=O)C1CC(C(=O)N(Cc2cccnc2)CC2CCCO2)=NN1c1ccccc1. The molecule has 1 aromatic carbocycles. The molecule has 2 aromatic rings. The van der Waals surface area contributed by atoms with Gasteiger partial charge in [0, 0.05) is 38.5 Å². The van der Waals surface area contributed by atoms with E-state index in [0.717, 1.165) is 24.1 Å². The number of ether oxygens (including phenoxy) is 1. The standard InChI is InChI=1S/C22H25N5O3/c23-21(28)20-12-19(25-27(20)17-7-2-1-3-8-17)22(29)26(15-18-9-5-11-30-18)14-16-6-4-10-24-13-16/h1-4,6-8,10,13,18,20H,5,9,11-12,14-15H2,(H2,23,28). The molecule has 0 spiro atoms. The summed E-state index contributed by atoms with van der Waals surface area (Å²) in [6, 6.07) is 12.4. The third-order valence-corrected chi connectivity index (χ3v) is 5.34. The Morgan fingerprint density at radius 1 is 1.20 bits per heavy atom. The lowest BCUT2D eigenvalue weighted by molar-refractivity contribution is -0.126. The Balaban J connectivity index is 1.58. The predicted molar refractivity (Wildman–Crippen MR) is 113 cm³/mol. The van der Waals surface area contributed by atoms with Gasteiger partial charge in [-0.25, -0.2) is 0 Å². The number of benzene rings is 1. The molecule has 1 saturated heterocycles. The molecule has 156 valence electrons. The average Bonchev–Trinajstić information content (AvgIpc) is 3.44. The molecule has 8 nitrogen and oxygen atoms in total. The number of amides is 2. The van der Waals surface area contributed by atoms with Crippen LogP contribution in [0.15, 0.2) is 60.0 Å². The van der Waals surface area contributed by atoms with E-state index in [0.29, 0.717) is 25.4 Å². The number of anilines is 1. The van der Waals surface area contributed by atoms with Gasteiger partial charge in [-0.3, -0.25) is 19.6 Å². The number of rotatable bonds is 7. The van der Waals surface area contributed by atoms with Crippen molar-refractivity contribution in [1.29, 1.82) is 0 Å². The number of hydrogen-bond donors (Lipinski definition) is 1. The topological polar surface area (TPSA) is 101 Å². The van der Waals surface area contributed by atoms with Crippen molar-refractivity contribution in [2.75, 3.05) is 18.2 Å². The predicted octanol–water partition coefficient (Wildman–Crippen LogP) is 1.71. The summed E-state index contributed by atoms with van der Waals surface area (Å²) in [5, 5.41) is 6.05. The summed E-state index contributed by atoms with van der Waals surface area (Å²) in [5.41, 5.74) is 7.59. The number of pyridine rings is 1. The minimum atomic E-state index is -0.686. The Labute approximate surface area is 175 Å². The van der Waals surface area contributed by atoms with Gasteiger partial charge in [0.15, 0.2) is 0 Å². The van der Waals surface area contributed by atoms with Crippen LogP contribution >= 0.6 is 0 Å². The summed E-state index contributed by atoms with van der Waals surface area (Å²) in [6.07, 6.45) is 5.54. The van der Waals surface area contributed by atoms with Crippen molar-refractivity contribution < 1.29 is 14.3 Å². The van der Waals surface area contributed by atoms with Gasteiger partial charge in [0.2, 0.25) is 5.91 Å². The molecule has 1 fully saturated rings. The Bertz CT molecular complexity index is 913. The highest BCUT2D eigenvalue weighted by molar-refractivity contribution is 6.40. The fourth-order valence-corrected chi connectivity index (χ4v) is 3.83. The number of nitrogens with zero attached hydrogens (tertiary/aromatic N) is 4. The maximum absolute atomic E-state index is 13.4. The van der Waals surface area contributed by atoms with Gasteiger partial charge in [-0.05, 0) is 36.6 Å². The third-order valence-electron chi connectivity index (χ3n) is 5.34. The summed E-state index contributed by atoms with van der Waals surface area (Å²) >= 11 is 0. The molecule has 0 aliphatic carbocycles. The molecule has 2 N–H and O–H groups in total. The Morgan fingerprint density at radius 2 is 2.03 bits per heavy atom. The van der Waals surface area contributed by atoms with Gasteiger partial charge in [0.25, 0.3) is 5.91 Å². The highest BCUT2D eigenvalue weighted by Crippen LogP contribution is 2.25. The Morgan fingerprint density at radius 3 is 2.70 bits per heavy atom. The largest absolute Gasteiger partial charge is 0.376 e. The third kappa shape index (κ3) is 4.49. The summed E-state index contributed by atoms with van der Waals surface area (Å²) in [7, 11) is 0. The van der Waals surface area contributed by atoms with Crippen molar-refractivity contribution >= 4 is 23.2 Å². The van der Waals surface area contributed by atoms with E-state index >= 15 is 0 Å². The first-order valence-electron chi connectivity index (χ1n) is 10.1. The number of aromatic nitrogens is 1. The zero-order valence-electron chi connectivity index (χ0n) is 16.7. The smallest absolute Gasteiger partial charge is 0.270 e. The Hall–Kier alpha value is -3.26. The van der Waals surface area contributed by atoms with Gasteiger partial charge in [0.05, 0.1) is 11.8 Å². The maximum Gasteiger partial charge on any atom is 0.270 e. The first kappa shape index (κ1) is 20.0. The molecule has 0 bridgehead atoms. The van der Waals surface area contributed by atoms with Crippen LogP contribution in [0.2, 0.25) is 0 Å². The second-order valence-electron chi connectivity index (χ2n) is 7.53. The number of para-hydroxylation sites is 1. The van der Waals surface area contributed by atoms with Crippen molar-refractivity contribution in [3.05, 3.63) is 60.4 Å². The molecule has 30 heavy (non-hydrogen) atoms. The zero-order valence-corrected chi connectivity index (χ0v) is 16.7. The Kier molecular flexibility index (Phi) is 6.04. The van der Waals surface area contributed by atoms with Crippen LogP contribution in [0, 0.1) is 0 Å². The first-order valence-corrected chi connectivity index (χ1v) is 10.1. The van der Waals surface area contributed by atoms with E-state index in [1.165, 1.54) is 0 Å². The summed E-state index contributed by atoms with van der Waals surface area (Å²) in [4.78, 5) is 31.3. The molecule has 2 unspecified atom stereocenters. The maximum atomic E-state index is 13.4. The van der Waals surface area contributed by atoms with E-state index in [-0.39, 0.29) is 18.4 Å². The van der Waals surface area contributed by atoms with Crippen LogP contribution in [-0.4, -0.2) is 52.7 Å². The highest BCUT2D eigenvalue weighted by Gasteiger charge is 2.37. The zero-order chi connectivity index (χ0) is 20.9. The van der Waals surface area contributed by atoms with E-state index in [1.54, 1.807) is 22.3 Å². The molecular weight excluding hydrogens is 382 g/mol. The molecular formula is C22H25N5O3. The molecule has 4 rings (SSSR count). The van der Waals surface area contributed by atoms with Crippen molar-refractivity contribution in [3.63, 3.8) is 0 Å². The van der Waals surface area contributed by atoms with E-state index in [9.17, 15) is 9.59 Å². The van der Waals surface area contributed by atoms with Gasteiger partial charge >= 0.3 is 0 Å². The van der Waals surface area contributed by atoms with Gasteiger partial charge < -0.3 is 15.4 Å². The minimum Gasteiger partial charge on any atom is -0.376 e. The van der Waals surface area contributed by atoms with Crippen molar-refractivity contribution in [2.45, 2.75) is 38.0 Å². The highest BCUT2D eigenvalue weighted by atomic mass is 16.5. The molecule has 0 radical (unpaired) electrons. The fraction of sp³-hybridized carbons (Fsp3) is 0.364. The number of nitrogens with two attached hydrogens (primary N) is 1. The molecule has 3 heterocycles. The second kappa shape index (κ2) is 9.04. The average molecular weight is 407 g/mol. The molecule has 0 saturated carbocycles. The lowest BCUT2D eigenvalue weighted by Gasteiger charge is -2.25. The van der Waals surface area contributed by atoms with Crippen molar-refractivity contribution in [2.24, 2.45) is 10.8 Å². The summed E-state index contributed by atoms with van der Waals surface area (Å²) in [5.74, 6) is -0.720. The van der Waals surface area contributed by atoms with Crippen LogP contribution in [-0.2, 0) is 20.9 Å². The van der Waals surface area contributed by atoms with Crippen LogP contribution in [0.4, 0.5) is 5.69 Å². The van der Waals surface area contributed by atoms with Crippen LogP contribution in [0.5, 0.6) is 0 Å². The lowest BCUT2D eigenvalue weighted by atomic mass is 10.1. The van der Waals surface area contributed by atoms with Gasteiger partial charge in [-0.2, -0.15) is 5.10 Å². The summed E-state index contributed by atoms with van der Waals surface area (Å²) in [6.45, 7) is 1.59. The first-order chi connectivity index (χ1) is 14.6. The second-order valence-corrected chi connectivity index (χ2v) is 7.53. The molecule has 8 heteroatoms. The molecule has 1 aromatic heterocycles. The van der Waals surface area contributed by atoms with Crippen LogP contribution in [0.3, 0.4) is 0 Å². The van der Waals surface area contributed by atoms with Gasteiger partial charge in [0.1, 0.15) is 11.8 Å². The van der Waals surface area contributed by atoms with Gasteiger partial charge in [-0.15, -0.1) is 0 Å². The van der Waals surface area contributed by atoms with Crippen molar-refractivity contribution in [3.8, 4) is 0 Å². The number of primary amides is 1. The fourth-order valence-electron chi connectivity index (χ4n) is 3.83. The molecule has 2 atom stereocenters. The number of hydrogen-bond acceptors (Lipinski definition) is 6. The number of carbonyl (C=O) groups is 2. The lowest BCUT2D eigenvalue weighted by Crippen LogP contribution is -2.42. The van der Waals surface area contributed by atoms with Gasteiger partial charge in [-0.1, -0.05) is 24.3 Å². The monoisotopic (exact) mass is 407 g/mol. The van der Waals surface area contributed by atoms with E-state index in [2.05, 4.69) is 10.1 Å². The van der Waals surface area contributed by atoms with Crippen molar-refractivity contribution in [1.82, 2.24) is 9.88 Å². The minimum absolute atomic E-state index is 0.00443. The quantitative estimate of drug-likeness (QED) is 0.753.